The van der Waals surface area contributed by atoms with Crippen molar-refractivity contribution in [1.82, 2.24) is 0 Å². The van der Waals surface area contributed by atoms with Crippen molar-refractivity contribution in [3.05, 3.63) is 29.8 Å². The molecule has 1 N–H and O–H groups in total. The van der Waals surface area contributed by atoms with Gasteiger partial charge < -0.3 is 10.0 Å². The fourth-order valence-electron chi connectivity index (χ4n) is 2.74. The van der Waals surface area contributed by atoms with Crippen LogP contribution in [0.4, 0.5) is 5.69 Å². The minimum Gasteiger partial charge on any atom is -0.481 e. The number of para-hydroxylation sites is 1. The smallest absolute Gasteiger partial charge is 0.303 e. The number of hydrogen-bond donors (Lipinski definition) is 1. The lowest BCUT2D eigenvalue weighted by molar-refractivity contribution is -0.137. The van der Waals surface area contributed by atoms with Gasteiger partial charge in [-0.2, -0.15) is 0 Å². The van der Waals surface area contributed by atoms with Gasteiger partial charge in [0.25, 0.3) is 0 Å². The highest BCUT2D eigenvalue weighted by Crippen LogP contribution is 2.41. The second kappa shape index (κ2) is 5.65. The number of carbonyl (C=O) groups excluding carboxylic acids is 1. The summed E-state index contributed by atoms with van der Waals surface area (Å²) in [6.07, 6.45) is 2.54. The lowest BCUT2D eigenvalue weighted by Crippen LogP contribution is -2.36. The Morgan fingerprint density at radius 2 is 1.90 bits per heavy atom. The molecule has 0 unspecified atom stereocenters. The molecule has 0 atom stereocenters. The SMILES string of the molecule is CC1(C)C(=O)N(CCCCCC(=O)O)c2ccccc21. The molecular formula is C16H21NO3. The van der Waals surface area contributed by atoms with E-state index in [2.05, 4.69) is 0 Å². The van der Waals surface area contributed by atoms with Crippen molar-refractivity contribution < 1.29 is 14.7 Å². The first-order valence-corrected chi connectivity index (χ1v) is 7.08. The summed E-state index contributed by atoms with van der Waals surface area (Å²) < 4.78 is 0. The van der Waals surface area contributed by atoms with Gasteiger partial charge in [0, 0.05) is 18.7 Å². The zero-order valence-electron chi connectivity index (χ0n) is 12.1. The van der Waals surface area contributed by atoms with E-state index in [1.54, 1.807) is 0 Å². The quantitative estimate of drug-likeness (QED) is 0.812. The van der Waals surface area contributed by atoms with Gasteiger partial charge in [-0.1, -0.05) is 24.6 Å². The number of anilines is 1. The topological polar surface area (TPSA) is 57.6 Å². The average molecular weight is 275 g/mol. The molecule has 0 radical (unpaired) electrons. The largest absolute Gasteiger partial charge is 0.481 e. The molecule has 0 aliphatic carbocycles. The molecule has 0 fully saturated rings. The van der Waals surface area contributed by atoms with Gasteiger partial charge in [-0.3, -0.25) is 9.59 Å². The van der Waals surface area contributed by atoms with E-state index < -0.39 is 11.4 Å². The van der Waals surface area contributed by atoms with Gasteiger partial charge in [-0.15, -0.1) is 0 Å². The Morgan fingerprint density at radius 1 is 1.20 bits per heavy atom. The van der Waals surface area contributed by atoms with Crippen LogP contribution in [0.3, 0.4) is 0 Å². The fraction of sp³-hybridized carbons (Fsp3) is 0.500. The van der Waals surface area contributed by atoms with Crippen LogP contribution >= 0.6 is 0 Å². The number of hydrogen-bond acceptors (Lipinski definition) is 2. The maximum atomic E-state index is 12.5. The average Bonchev–Trinajstić information content (AvgIpc) is 2.59. The Labute approximate surface area is 119 Å². The van der Waals surface area contributed by atoms with Crippen molar-refractivity contribution in [3.63, 3.8) is 0 Å². The highest BCUT2D eigenvalue weighted by molar-refractivity contribution is 6.07. The van der Waals surface area contributed by atoms with Crippen LogP contribution in [0, 0.1) is 0 Å². The van der Waals surface area contributed by atoms with Gasteiger partial charge in [0.15, 0.2) is 0 Å². The summed E-state index contributed by atoms with van der Waals surface area (Å²) in [6, 6.07) is 7.91. The predicted octanol–water partition coefficient (Wildman–Crippen LogP) is 2.96. The molecule has 0 aromatic heterocycles. The van der Waals surface area contributed by atoms with Crippen LogP contribution < -0.4 is 4.90 Å². The molecule has 1 aromatic rings. The first-order valence-electron chi connectivity index (χ1n) is 7.08. The van der Waals surface area contributed by atoms with Crippen molar-refractivity contribution in [2.24, 2.45) is 0 Å². The highest BCUT2D eigenvalue weighted by Gasteiger charge is 2.43. The number of aliphatic carboxylic acids is 1. The second-order valence-corrected chi connectivity index (χ2v) is 5.80. The van der Waals surface area contributed by atoms with Gasteiger partial charge >= 0.3 is 5.97 Å². The van der Waals surface area contributed by atoms with Gasteiger partial charge in [0.1, 0.15) is 0 Å². The van der Waals surface area contributed by atoms with Gasteiger partial charge in [-0.05, 0) is 38.3 Å². The van der Waals surface area contributed by atoms with E-state index in [1.807, 2.05) is 43.0 Å². The fourth-order valence-corrected chi connectivity index (χ4v) is 2.74. The molecule has 1 aliphatic rings. The number of carboxylic acids is 1. The molecule has 1 aliphatic heterocycles. The summed E-state index contributed by atoms with van der Waals surface area (Å²) in [6.45, 7) is 4.58. The summed E-state index contributed by atoms with van der Waals surface area (Å²) in [5, 5.41) is 8.60. The zero-order valence-corrected chi connectivity index (χ0v) is 12.1. The molecule has 1 heterocycles. The monoisotopic (exact) mass is 275 g/mol. The van der Waals surface area contributed by atoms with Crippen molar-refractivity contribution in [1.29, 1.82) is 0 Å². The Bertz CT molecular complexity index is 522. The van der Waals surface area contributed by atoms with Crippen LogP contribution in [0.5, 0.6) is 0 Å². The lowest BCUT2D eigenvalue weighted by atomic mass is 9.86. The van der Waals surface area contributed by atoms with E-state index in [-0.39, 0.29) is 12.3 Å². The molecule has 0 saturated heterocycles. The first-order chi connectivity index (χ1) is 9.44. The summed E-state index contributed by atoms with van der Waals surface area (Å²) in [7, 11) is 0. The molecular weight excluding hydrogens is 254 g/mol. The van der Waals surface area contributed by atoms with E-state index in [1.165, 1.54) is 0 Å². The van der Waals surface area contributed by atoms with Crippen LogP contribution in [0.2, 0.25) is 0 Å². The summed E-state index contributed by atoms with van der Waals surface area (Å²) in [5.41, 5.74) is 1.62. The molecule has 1 aromatic carbocycles. The molecule has 0 bridgehead atoms. The van der Waals surface area contributed by atoms with Crippen LogP contribution in [0.15, 0.2) is 24.3 Å². The summed E-state index contributed by atoms with van der Waals surface area (Å²) >= 11 is 0. The van der Waals surface area contributed by atoms with Crippen molar-refractivity contribution >= 4 is 17.6 Å². The molecule has 108 valence electrons. The normalized spacial score (nSPS) is 16.3. The third-order valence-corrected chi connectivity index (χ3v) is 3.92. The van der Waals surface area contributed by atoms with Crippen molar-refractivity contribution in [2.75, 3.05) is 11.4 Å². The number of carboxylic acid groups (broad SMARTS) is 1. The third kappa shape index (κ3) is 2.69. The lowest BCUT2D eigenvalue weighted by Gasteiger charge is -2.20. The number of carbonyl (C=O) groups is 2. The van der Waals surface area contributed by atoms with Crippen LogP contribution in [0.1, 0.15) is 45.1 Å². The molecule has 4 heteroatoms. The number of nitrogens with zero attached hydrogens (tertiary/aromatic N) is 1. The maximum Gasteiger partial charge on any atom is 0.303 e. The Hall–Kier alpha value is -1.84. The number of amides is 1. The van der Waals surface area contributed by atoms with Gasteiger partial charge in [0.2, 0.25) is 5.91 Å². The first kappa shape index (κ1) is 14.6. The summed E-state index contributed by atoms with van der Waals surface area (Å²) in [4.78, 5) is 24.8. The van der Waals surface area contributed by atoms with E-state index in [4.69, 9.17) is 5.11 Å². The minimum atomic E-state index is -0.756. The van der Waals surface area contributed by atoms with Gasteiger partial charge in [0.05, 0.1) is 5.41 Å². The van der Waals surface area contributed by atoms with E-state index in [0.717, 1.165) is 24.1 Å². The molecule has 0 spiro atoms. The number of benzene rings is 1. The maximum absolute atomic E-state index is 12.5. The van der Waals surface area contributed by atoms with E-state index >= 15 is 0 Å². The zero-order chi connectivity index (χ0) is 14.8. The third-order valence-electron chi connectivity index (χ3n) is 3.92. The van der Waals surface area contributed by atoms with Crippen LogP contribution in [-0.4, -0.2) is 23.5 Å². The van der Waals surface area contributed by atoms with E-state index in [0.29, 0.717) is 13.0 Å². The molecule has 4 nitrogen and oxygen atoms in total. The number of fused-ring (bicyclic) bond motifs is 1. The second-order valence-electron chi connectivity index (χ2n) is 5.80. The van der Waals surface area contributed by atoms with Crippen LogP contribution in [-0.2, 0) is 15.0 Å². The van der Waals surface area contributed by atoms with Gasteiger partial charge in [-0.25, -0.2) is 0 Å². The Kier molecular flexibility index (Phi) is 4.12. The molecule has 1 amide bonds. The molecule has 20 heavy (non-hydrogen) atoms. The minimum absolute atomic E-state index is 0.136. The summed E-state index contributed by atoms with van der Waals surface area (Å²) in [5.74, 6) is -0.620. The number of rotatable bonds is 6. The van der Waals surface area contributed by atoms with Crippen molar-refractivity contribution in [2.45, 2.75) is 44.9 Å². The number of unbranched alkanes of at least 4 members (excludes halogenated alkanes) is 2. The Balaban J connectivity index is 1.99. The highest BCUT2D eigenvalue weighted by atomic mass is 16.4. The molecule has 2 rings (SSSR count). The predicted molar refractivity (Wildman–Crippen MR) is 77.9 cm³/mol. The Morgan fingerprint density at radius 3 is 2.60 bits per heavy atom. The van der Waals surface area contributed by atoms with Crippen molar-refractivity contribution in [3.8, 4) is 0 Å². The molecule has 0 saturated carbocycles. The standard InChI is InChI=1S/C16H21NO3/c1-16(2)12-8-5-6-9-13(12)17(15(16)20)11-7-3-4-10-14(18)19/h5-6,8-9H,3-4,7,10-11H2,1-2H3,(H,18,19). The van der Waals surface area contributed by atoms with E-state index in [9.17, 15) is 9.59 Å². The van der Waals surface area contributed by atoms with Crippen LogP contribution in [0.25, 0.3) is 0 Å².